The molecule has 5 N–H and O–H groups in total. The largest absolute Gasteiger partial charge is 0.481 e. The predicted octanol–water partition coefficient (Wildman–Crippen LogP) is 3.78. The van der Waals surface area contributed by atoms with Crippen LogP contribution in [-0.4, -0.2) is 55.4 Å². The molecule has 0 aliphatic carbocycles. The van der Waals surface area contributed by atoms with Crippen molar-refractivity contribution in [2.24, 2.45) is 5.92 Å². The topological polar surface area (TPSA) is 186 Å². The van der Waals surface area contributed by atoms with Gasteiger partial charge in [0.2, 0.25) is 0 Å². The van der Waals surface area contributed by atoms with Crippen LogP contribution in [0.1, 0.15) is 50.5 Å². The lowest BCUT2D eigenvalue weighted by molar-refractivity contribution is -0.142. The highest BCUT2D eigenvalue weighted by atomic mass is 16.4. The molecular formula is C26H30O10. The third kappa shape index (κ3) is 11.8. The van der Waals surface area contributed by atoms with Gasteiger partial charge in [0, 0.05) is 18.2 Å². The van der Waals surface area contributed by atoms with Crippen molar-refractivity contribution < 1.29 is 49.5 Å². The average molecular weight is 503 g/mol. The lowest BCUT2D eigenvalue weighted by atomic mass is 9.91. The van der Waals surface area contributed by atoms with E-state index in [1.165, 1.54) is 0 Å². The van der Waals surface area contributed by atoms with Gasteiger partial charge in [-0.25, -0.2) is 19.2 Å². The zero-order valence-electron chi connectivity index (χ0n) is 19.6. The van der Waals surface area contributed by atoms with Crippen LogP contribution in [-0.2, 0) is 30.4 Å². The Balaban J connectivity index is 2.80. The van der Waals surface area contributed by atoms with Gasteiger partial charge in [-0.2, -0.15) is 0 Å². The van der Waals surface area contributed by atoms with Gasteiger partial charge in [-0.1, -0.05) is 43.2 Å². The lowest BCUT2D eigenvalue weighted by Gasteiger charge is -2.14. The Bertz CT molecular complexity index is 1030. The molecule has 0 aromatic heterocycles. The number of benzene rings is 1. The molecule has 0 radical (unpaired) electrons. The quantitative estimate of drug-likeness (QED) is 0.119. The van der Waals surface area contributed by atoms with E-state index >= 15 is 0 Å². The van der Waals surface area contributed by atoms with Crippen molar-refractivity contribution in [1.29, 1.82) is 0 Å². The summed E-state index contributed by atoms with van der Waals surface area (Å²) in [5.41, 5.74) is -0.411. The molecule has 0 saturated carbocycles. The summed E-state index contributed by atoms with van der Waals surface area (Å²) in [6, 6.07) is 9.71. The van der Waals surface area contributed by atoms with Crippen molar-refractivity contribution in [3.05, 3.63) is 70.8 Å². The monoisotopic (exact) mass is 502 g/mol. The fraction of sp³-hybridized carbons (Fsp3) is 0.346. The van der Waals surface area contributed by atoms with Crippen LogP contribution in [0.3, 0.4) is 0 Å². The first-order chi connectivity index (χ1) is 17.0. The van der Waals surface area contributed by atoms with Crippen LogP contribution in [0.4, 0.5) is 0 Å². The number of aryl methyl sites for hydroxylation is 1. The molecule has 0 amide bonds. The van der Waals surface area contributed by atoms with E-state index in [9.17, 15) is 39.3 Å². The number of rotatable bonds is 17. The summed E-state index contributed by atoms with van der Waals surface area (Å²) in [5.74, 6) is -7.82. The molecule has 0 saturated heterocycles. The second-order valence-corrected chi connectivity index (χ2v) is 8.12. The number of allylic oxidation sites excluding steroid dienone is 1. The molecule has 194 valence electrons. The summed E-state index contributed by atoms with van der Waals surface area (Å²) >= 11 is 0. The minimum atomic E-state index is -1.72. The molecule has 36 heavy (non-hydrogen) atoms. The Kier molecular flexibility index (Phi) is 13.0. The van der Waals surface area contributed by atoms with Gasteiger partial charge in [0.05, 0.1) is 11.5 Å². The second-order valence-electron chi connectivity index (χ2n) is 8.12. The average Bonchev–Trinajstić information content (AvgIpc) is 2.79. The number of carboxylic acids is 5. The normalized spacial score (nSPS) is 13.2. The van der Waals surface area contributed by atoms with Gasteiger partial charge in [0.25, 0.3) is 0 Å². The zero-order chi connectivity index (χ0) is 27.1. The van der Waals surface area contributed by atoms with Crippen molar-refractivity contribution in [3.8, 4) is 0 Å². The molecule has 0 aliphatic rings. The van der Waals surface area contributed by atoms with Gasteiger partial charge in [0.1, 0.15) is 0 Å². The number of hydrogen-bond acceptors (Lipinski definition) is 5. The summed E-state index contributed by atoms with van der Waals surface area (Å²) in [7, 11) is 0. The maximum Gasteiger partial charge on any atom is 0.336 e. The molecule has 0 spiro atoms. The molecule has 1 atom stereocenters. The smallest absolute Gasteiger partial charge is 0.336 e. The zero-order valence-corrected chi connectivity index (χ0v) is 19.6. The van der Waals surface area contributed by atoms with Gasteiger partial charge >= 0.3 is 29.8 Å². The number of carboxylic acid groups (broad SMARTS) is 5. The summed E-state index contributed by atoms with van der Waals surface area (Å²) in [5, 5.41) is 46.1. The molecule has 10 nitrogen and oxygen atoms in total. The Hall–Kier alpha value is -4.21. The molecule has 1 rings (SSSR count). The Labute approximate surface area is 207 Å². The van der Waals surface area contributed by atoms with Crippen molar-refractivity contribution in [3.63, 3.8) is 0 Å². The van der Waals surface area contributed by atoms with E-state index < -0.39 is 46.9 Å². The molecule has 1 unspecified atom stereocenters. The van der Waals surface area contributed by atoms with E-state index in [2.05, 4.69) is 0 Å². The van der Waals surface area contributed by atoms with E-state index in [0.717, 1.165) is 12.0 Å². The van der Waals surface area contributed by atoms with E-state index in [4.69, 9.17) is 10.2 Å². The lowest BCUT2D eigenvalue weighted by Crippen LogP contribution is -2.14. The third-order valence-electron chi connectivity index (χ3n) is 5.41. The number of hydrogen-bond donors (Lipinski definition) is 5. The molecule has 0 fully saturated rings. The Morgan fingerprint density at radius 1 is 0.667 bits per heavy atom. The van der Waals surface area contributed by atoms with Crippen molar-refractivity contribution >= 4 is 29.8 Å². The minimum Gasteiger partial charge on any atom is -0.481 e. The molecule has 1 aromatic rings. The maximum absolute atomic E-state index is 11.6. The SMILES string of the molecule is O=C(O)C=C(CCCCCC(CCCc1ccccc1)C(=O)O)C(=CC(=O)O)C(=CC(=O)O)C(=O)O. The van der Waals surface area contributed by atoms with Crippen molar-refractivity contribution in [1.82, 2.24) is 0 Å². The fourth-order valence-corrected chi connectivity index (χ4v) is 3.75. The molecule has 0 heterocycles. The summed E-state index contributed by atoms with van der Waals surface area (Å²) < 4.78 is 0. The highest BCUT2D eigenvalue weighted by Gasteiger charge is 2.21. The van der Waals surface area contributed by atoms with E-state index in [1.54, 1.807) is 0 Å². The summed E-state index contributed by atoms with van der Waals surface area (Å²) in [6.45, 7) is 0. The Morgan fingerprint density at radius 3 is 1.75 bits per heavy atom. The molecule has 10 heteroatoms. The second kappa shape index (κ2) is 15.6. The standard InChI is InChI=1S/C26H30O10/c27-22(28)14-19(20(15-23(29)30)21(26(35)36)16-24(31)32)12-6-2-5-11-18(25(33)34)13-7-10-17-8-3-1-4-9-17/h1,3-4,8-9,14-16,18H,2,5-7,10-13H2,(H,27,28)(H,29,30)(H,31,32)(H,33,34)(H,35,36). The summed E-state index contributed by atoms with van der Waals surface area (Å²) in [4.78, 5) is 56.7. The predicted molar refractivity (Wildman–Crippen MR) is 128 cm³/mol. The molecule has 0 aliphatic heterocycles. The maximum atomic E-state index is 11.6. The van der Waals surface area contributed by atoms with Crippen LogP contribution in [0.2, 0.25) is 0 Å². The molecule has 0 bridgehead atoms. The van der Waals surface area contributed by atoms with E-state index in [0.29, 0.717) is 56.8 Å². The first-order valence-corrected chi connectivity index (χ1v) is 11.3. The number of carbonyl (C=O) groups is 5. The number of unbranched alkanes of at least 4 members (excludes halogenated alkanes) is 2. The third-order valence-corrected chi connectivity index (χ3v) is 5.41. The van der Waals surface area contributed by atoms with Crippen LogP contribution >= 0.6 is 0 Å². The number of aliphatic carboxylic acids is 5. The van der Waals surface area contributed by atoms with Gasteiger partial charge < -0.3 is 25.5 Å². The van der Waals surface area contributed by atoms with Crippen molar-refractivity contribution in [2.75, 3.05) is 0 Å². The first-order valence-electron chi connectivity index (χ1n) is 11.3. The van der Waals surface area contributed by atoms with Crippen LogP contribution in [0.25, 0.3) is 0 Å². The van der Waals surface area contributed by atoms with Gasteiger partial charge in [-0.3, -0.25) is 4.79 Å². The van der Waals surface area contributed by atoms with Gasteiger partial charge in [-0.15, -0.1) is 0 Å². The highest BCUT2D eigenvalue weighted by molar-refractivity contribution is 6.02. The van der Waals surface area contributed by atoms with Crippen molar-refractivity contribution in [2.45, 2.75) is 51.4 Å². The minimum absolute atomic E-state index is 0.0403. The van der Waals surface area contributed by atoms with Gasteiger partial charge in [0.15, 0.2) is 0 Å². The first kappa shape index (κ1) is 29.8. The van der Waals surface area contributed by atoms with E-state index in [1.807, 2.05) is 30.3 Å². The molecule has 1 aromatic carbocycles. The fourth-order valence-electron chi connectivity index (χ4n) is 3.75. The highest BCUT2D eigenvalue weighted by Crippen LogP contribution is 2.26. The van der Waals surface area contributed by atoms with Crippen LogP contribution in [0.15, 0.2) is 65.3 Å². The van der Waals surface area contributed by atoms with Crippen LogP contribution < -0.4 is 0 Å². The Morgan fingerprint density at radius 2 is 1.22 bits per heavy atom. The van der Waals surface area contributed by atoms with Crippen LogP contribution in [0, 0.1) is 5.92 Å². The van der Waals surface area contributed by atoms with E-state index in [-0.39, 0.29) is 12.0 Å². The summed E-state index contributed by atoms with van der Waals surface area (Å²) in [6.07, 6.45) is 5.06. The molecular weight excluding hydrogens is 472 g/mol. The van der Waals surface area contributed by atoms with Crippen LogP contribution in [0.5, 0.6) is 0 Å². The van der Waals surface area contributed by atoms with Gasteiger partial charge in [-0.05, 0) is 55.2 Å².